The molecule has 0 aromatic rings. The SMILES string of the molecule is CC(CCC(=O)[O-])[C@H]1CCC2C3C(O)CC4C[C@H](NC(=O)CC[C@H](C(=O)[O-])N(CCN(CC(=O)[O-])CC(=O)[O-])CCN(CC(=O)[O-])CC(=O)[O-])CC[C@]4(C)C3CC[C@@]21C.[Gd+3].[Na+].[Na+].[Na+]. The van der Waals surface area contributed by atoms with E-state index in [9.17, 15) is 69.3 Å². The van der Waals surface area contributed by atoms with Gasteiger partial charge in [-0.2, -0.15) is 0 Å². The molecule has 63 heavy (non-hydrogen) atoms. The van der Waals surface area contributed by atoms with Gasteiger partial charge in [-0.1, -0.05) is 20.8 Å². The van der Waals surface area contributed by atoms with Crippen molar-refractivity contribution in [2.24, 2.45) is 46.3 Å². The third-order valence-electron chi connectivity index (χ3n) is 14.8. The number of carboxylic acids is 6. The number of aliphatic carboxylic acids is 6. The molecule has 339 valence electrons. The second-order valence-electron chi connectivity index (χ2n) is 18.3. The number of aliphatic hydroxyl groups is 1. The minimum atomic E-state index is -1.61. The average molecular weight is 1060 g/mol. The van der Waals surface area contributed by atoms with E-state index < -0.39 is 80.0 Å². The van der Waals surface area contributed by atoms with E-state index in [0.29, 0.717) is 43.4 Å². The maximum absolute atomic E-state index is 13.4. The zero-order valence-electron chi connectivity index (χ0n) is 37.8. The maximum Gasteiger partial charge on any atom is 3.00 e. The Labute approximate surface area is 468 Å². The van der Waals surface area contributed by atoms with Crippen LogP contribution in [-0.2, 0) is 33.6 Å². The van der Waals surface area contributed by atoms with E-state index in [1.54, 1.807) is 0 Å². The van der Waals surface area contributed by atoms with Crippen LogP contribution < -0.4 is 125 Å². The second kappa shape index (κ2) is 28.8. The first-order chi connectivity index (χ1) is 27.6. The predicted molar refractivity (Wildman–Crippen MR) is 194 cm³/mol. The molecule has 0 aliphatic heterocycles. The van der Waals surface area contributed by atoms with Gasteiger partial charge in [0.1, 0.15) is 0 Å². The van der Waals surface area contributed by atoms with Gasteiger partial charge >= 0.3 is 129 Å². The van der Waals surface area contributed by atoms with Crippen LogP contribution in [0.1, 0.15) is 97.8 Å². The third-order valence-corrected chi connectivity index (χ3v) is 14.8. The summed E-state index contributed by atoms with van der Waals surface area (Å²) in [6, 6.07) is -1.72. The van der Waals surface area contributed by atoms with Crippen molar-refractivity contribution in [1.82, 2.24) is 20.0 Å². The van der Waals surface area contributed by atoms with Gasteiger partial charge in [-0.05, 0) is 117 Å². The van der Waals surface area contributed by atoms with Gasteiger partial charge < -0.3 is 69.8 Å². The van der Waals surface area contributed by atoms with E-state index in [0.717, 1.165) is 41.9 Å². The molecule has 0 bridgehead atoms. The van der Waals surface area contributed by atoms with Crippen LogP contribution in [0.5, 0.6) is 0 Å². The number of carbonyl (C=O) groups excluding carboxylic acids is 7. The fourth-order valence-corrected chi connectivity index (χ4v) is 12.0. The van der Waals surface area contributed by atoms with Gasteiger partial charge in [-0.15, -0.1) is 0 Å². The molecule has 4 aliphatic rings. The van der Waals surface area contributed by atoms with Crippen LogP contribution in [0.25, 0.3) is 0 Å². The summed E-state index contributed by atoms with van der Waals surface area (Å²) in [7, 11) is 0. The van der Waals surface area contributed by atoms with Crippen molar-refractivity contribution in [2.75, 3.05) is 52.4 Å². The average Bonchev–Trinajstić information content (AvgIpc) is 3.47. The largest absolute Gasteiger partial charge is 3.00 e. The number of rotatable bonds is 24. The summed E-state index contributed by atoms with van der Waals surface area (Å²) in [6.45, 7) is 2.28. The normalized spacial score (nSPS) is 29.2. The summed E-state index contributed by atoms with van der Waals surface area (Å²) >= 11 is 0. The van der Waals surface area contributed by atoms with Gasteiger partial charge in [0.15, 0.2) is 0 Å². The molecule has 1 amide bonds. The smallest absolute Gasteiger partial charge is 0.550 e. The minimum Gasteiger partial charge on any atom is -0.550 e. The molecule has 11 atom stereocenters. The van der Waals surface area contributed by atoms with Crippen molar-refractivity contribution in [3.8, 4) is 0 Å². The molecule has 4 aliphatic carbocycles. The first kappa shape index (κ1) is 63.5. The van der Waals surface area contributed by atoms with Gasteiger partial charge in [0.05, 0.1) is 36.0 Å². The summed E-state index contributed by atoms with van der Waals surface area (Å²) in [5.41, 5.74) is -0.0222. The summed E-state index contributed by atoms with van der Waals surface area (Å²) in [5, 5.41) is 83.5. The van der Waals surface area contributed by atoms with E-state index in [1.807, 2.05) is 0 Å². The Morgan fingerprint density at radius 2 is 1.14 bits per heavy atom. The molecule has 0 heterocycles. The molecule has 1 radical (unpaired) electrons. The number of amides is 1. The summed E-state index contributed by atoms with van der Waals surface area (Å²) in [6.07, 6.45) is 6.35. The third kappa shape index (κ3) is 17.7. The number of aliphatic hydroxyl groups excluding tert-OH is 1. The summed E-state index contributed by atoms with van der Waals surface area (Å²) in [4.78, 5) is 85.2. The van der Waals surface area contributed by atoms with Gasteiger partial charge in [0.2, 0.25) is 5.91 Å². The number of hydrogen-bond donors (Lipinski definition) is 2. The Morgan fingerprint density at radius 3 is 1.62 bits per heavy atom. The van der Waals surface area contributed by atoms with Crippen LogP contribution in [0.15, 0.2) is 0 Å². The molecule has 4 fully saturated rings. The first-order valence-electron chi connectivity index (χ1n) is 21.0. The number of carboxylic acid groups (broad SMARTS) is 6. The topological polar surface area (TPSA) is 300 Å². The van der Waals surface area contributed by atoms with E-state index in [1.165, 1.54) is 4.90 Å². The summed E-state index contributed by atoms with van der Waals surface area (Å²) in [5.74, 6) is -7.91. The van der Waals surface area contributed by atoms with Crippen LogP contribution in [0.2, 0.25) is 0 Å². The monoisotopic (exact) mass is 1060 g/mol. The standard InChI is InChI=1S/C41H66N4O14.Gd.3Na/c1-24(4-9-33(48)49)27-5-6-28-38-29(11-13-41(27,28)3)40(2)12-10-26(18-25(40)19-31(38)46)42-32(47)8-7-30(39(58)59)45(16-14-43(20-34(50)51)21-35(52)53)17-15-44(22-36(54)55)23-37(56)57;;;;/h24-31,38,46H,4-23H2,1-3H3,(H,42,47)(H,48,49)(H,50,51)(H,52,53)(H,54,55)(H,56,57)(H,58,59);;;;/q;+3;3*+1/p-6/t24?,25?,26-,27-,28?,29?,30-,31?,38?,40+,41-;;;;/m1..../s1. The minimum absolute atomic E-state index is 0. The van der Waals surface area contributed by atoms with E-state index in [4.69, 9.17) is 0 Å². The molecule has 0 spiro atoms. The Hall–Kier alpha value is 0.455. The van der Waals surface area contributed by atoms with E-state index in [2.05, 4.69) is 26.1 Å². The zero-order valence-corrected chi connectivity index (χ0v) is 46.1. The van der Waals surface area contributed by atoms with Crippen LogP contribution in [0, 0.1) is 86.3 Å². The number of fused-ring (bicyclic) bond motifs is 5. The van der Waals surface area contributed by atoms with Crippen molar-refractivity contribution < 1.29 is 198 Å². The first-order valence-corrected chi connectivity index (χ1v) is 21.0. The Balaban J connectivity index is 0.00000961. The summed E-state index contributed by atoms with van der Waals surface area (Å²) < 4.78 is 0. The number of nitrogens with one attached hydrogen (secondary N) is 1. The van der Waals surface area contributed by atoms with Crippen molar-refractivity contribution in [3.63, 3.8) is 0 Å². The van der Waals surface area contributed by atoms with Gasteiger partial charge in [-0.3, -0.25) is 19.5 Å². The van der Waals surface area contributed by atoms with Crippen LogP contribution in [0.4, 0.5) is 0 Å². The molecular formula is C41H60GdN4Na3O14. The Kier molecular flexibility index (Phi) is 29.0. The van der Waals surface area contributed by atoms with E-state index in [-0.39, 0.29) is 209 Å². The molecule has 18 nitrogen and oxygen atoms in total. The molecule has 22 heteroatoms. The molecule has 2 N–H and O–H groups in total. The van der Waals surface area contributed by atoms with Crippen molar-refractivity contribution in [3.05, 3.63) is 0 Å². The van der Waals surface area contributed by atoms with Crippen molar-refractivity contribution in [2.45, 2.75) is 116 Å². The molecule has 0 saturated heterocycles. The number of nitrogens with zero attached hydrogens (tertiary/aromatic N) is 3. The molecule has 0 aromatic carbocycles. The fraction of sp³-hybridized carbons (Fsp3) is 0.829. The Bertz CT molecular complexity index is 1500. The molecular weight excluding hydrogens is 999 g/mol. The Morgan fingerprint density at radius 1 is 0.651 bits per heavy atom. The molecule has 4 rings (SSSR count). The van der Waals surface area contributed by atoms with Gasteiger partial charge in [-0.25, -0.2) is 0 Å². The molecule has 0 aromatic heterocycles. The fourth-order valence-electron chi connectivity index (χ4n) is 12.0. The van der Waals surface area contributed by atoms with E-state index >= 15 is 0 Å². The van der Waals surface area contributed by atoms with Crippen molar-refractivity contribution >= 4 is 41.7 Å². The van der Waals surface area contributed by atoms with Crippen molar-refractivity contribution in [1.29, 1.82) is 0 Å². The quantitative estimate of drug-likeness (QED) is 0.0849. The van der Waals surface area contributed by atoms with Gasteiger partial charge in [0, 0.05) is 76.8 Å². The van der Waals surface area contributed by atoms with Gasteiger partial charge in [0.25, 0.3) is 0 Å². The predicted octanol–water partition coefficient (Wildman–Crippen LogP) is -14.9. The van der Waals surface area contributed by atoms with Crippen LogP contribution in [-0.4, -0.2) is 132 Å². The zero-order chi connectivity index (χ0) is 43.8. The van der Waals surface area contributed by atoms with Crippen LogP contribution in [0.3, 0.4) is 0 Å². The second-order valence-corrected chi connectivity index (χ2v) is 18.3. The van der Waals surface area contributed by atoms with Crippen LogP contribution >= 0.6 is 0 Å². The molecule has 4 saturated carbocycles. The number of carbonyl (C=O) groups is 7. The molecule has 6 unspecified atom stereocenters. The number of hydrogen-bond acceptors (Lipinski definition) is 17. The maximum atomic E-state index is 13.4.